The van der Waals surface area contributed by atoms with Crippen LogP contribution in [-0.4, -0.2) is 12.6 Å². The molecule has 21 heavy (non-hydrogen) atoms. The number of ether oxygens (including phenoxy) is 2. The third-order valence-corrected chi connectivity index (χ3v) is 3.52. The fourth-order valence-electron chi connectivity index (χ4n) is 2.14. The summed E-state index contributed by atoms with van der Waals surface area (Å²) in [4.78, 5) is 11.9. The number of esters is 1. The van der Waals surface area contributed by atoms with Gasteiger partial charge in [-0.3, -0.25) is 0 Å². The van der Waals surface area contributed by atoms with Gasteiger partial charge in [0.15, 0.2) is 6.61 Å². The zero-order valence-electron chi connectivity index (χ0n) is 12.9. The zero-order valence-corrected chi connectivity index (χ0v) is 12.9. The predicted octanol–water partition coefficient (Wildman–Crippen LogP) is 3.90. The van der Waals surface area contributed by atoms with Gasteiger partial charge in [0.1, 0.15) is 11.5 Å². The van der Waals surface area contributed by atoms with E-state index in [0.29, 0.717) is 5.75 Å². The Labute approximate surface area is 125 Å². The van der Waals surface area contributed by atoms with Crippen LogP contribution in [0.1, 0.15) is 22.3 Å². The van der Waals surface area contributed by atoms with Crippen molar-refractivity contribution in [1.82, 2.24) is 0 Å². The van der Waals surface area contributed by atoms with E-state index in [4.69, 9.17) is 9.47 Å². The van der Waals surface area contributed by atoms with Crippen LogP contribution < -0.4 is 9.47 Å². The maximum absolute atomic E-state index is 11.9. The van der Waals surface area contributed by atoms with Gasteiger partial charge in [-0.1, -0.05) is 30.3 Å². The predicted molar refractivity (Wildman–Crippen MR) is 83.0 cm³/mol. The topological polar surface area (TPSA) is 35.5 Å². The Hall–Kier alpha value is -2.29. The van der Waals surface area contributed by atoms with Crippen molar-refractivity contribution in [3.63, 3.8) is 0 Å². The standard InChI is InChI=1S/C18H20O3/c1-12-7-6-10-16(15(12)4)21-17(19)11-20-18-13(2)8-5-9-14(18)3/h5-10H,11H2,1-4H3. The van der Waals surface area contributed by atoms with Gasteiger partial charge in [0.25, 0.3) is 0 Å². The molecule has 0 aromatic heterocycles. The lowest BCUT2D eigenvalue weighted by Crippen LogP contribution is -2.18. The van der Waals surface area contributed by atoms with Crippen molar-refractivity contribution >= 4 is 5.97 Å². The highest BCUT2D eigenvalue weighted by molar-refractivity contribution is 5.74. The molecule has 0 aliphatic rings. The molecule has 0 bridgehead atoms. The van der Waals surface area contributed by atoms with E-state index in [1.807, 2.05) is 58.0 Å². The minimum atomic E-state index is -0.397. The van der Waals surface area contributed by atoms with Gasteiger partial charge in [0, 0.05) is 0 Å². The van der Waals surface area contributed by atoms with Crippen LogP contribution in [0.4, 0.5) is 0 Å². The molecule has 0 spiro atoms. The summed E-state index contributed by atoms with van der Waals surface area (Å²) in [5, 5.41) is 0. The Morgan fingerprint density at radius 3 is 2.14 bits per heavy atom. The molecule has 0 radical (unpaired) electrons. The maximum atomic E-state index is 11.9. The largest absolute Gasteiger partial charge is 0.481 e. The molecule has 3 heteroatoms. The molecular weight excluding hydrogens is 264 g/mol. The van der Waals surface area contributed by atoms with Gasteiger partial charge in [-0.05, 0) is 56.0 Å². The van der Waals surface area contributed by atoms with Gasteiger partial charge in [-0.25, -0.2) is 4.79 Å². The summed E-state index contributed by atoms with van der Waals surface area (Å²) in [6.45, 7) is 7.74. The lowest BCUT2D eigenvalue weighted by atomic mass is 10.1. The van der Waals surface area contributed by atoms with E-state index in [-0.39, 0.29) is 6.61 Å². The second-order valence-corrected chi connectivity index (χ2v) is 5.18. The molecule has 2 aromatic carbocycles. The fraction of sp³-hybridized carbons (Fsp3) is 0.278. The SMILES string of the molecule is Cc1cccc(OC(=O)COc2c(C)cccc2C)c1C. The fourth-order valence-corrected chi connectivity index (χ4v) is 2.14. The molecule has 0 amide bonds. The van der Waals surface area contributed by atoms with Crippen molar-refractivity contribution in [3.8, 4) is 11.5 Å². The normalized spacial score (nSPS) is 10.3. The van der Waals surface area contributed by atoms with Crippen LogP contribution in [0, 0.1) is 27.7 Å². The lowest BCUT2D eigenvalue weighted by molar-refractivity contribution is -0.136. The molecule has 2 rings (SSSR count). The average Bonchev–Trinajstić information content (AvgIpc) is 2.43. The van der Waals surface area contributed by atoms with Crippen LogP contribution in [0.2, 0.25) is 0 Å². The first-order valence-electron chi connectivity index (χ1n) is 6.95. The molecule has 0 aliphatic heterocycles. The van der Waals surface area contributed by atoms with Crippen LogP contribution in [0.25, 0.3) is 0 Å². The highest BCUT2D eigenvalue weighted by Gasteiger charge is 2.11. The highest BCUT2D eigenvalue weighted by atomic mass is 16.6. The molecule has 0 heterocycles. The third kappa shape index (κ3) is 3.63. The summed E-state index contributed by atoms with van der Waals surface area (Å²) in [6, 6.07) is 11.5. The minimum absolute atomic E-state index is 0.0981. The number of para-hydroxylation sites is 1. The third-order valence-electron chi connectivity index (χ3n) is 3.52. The van der Waals surface area contributed by atoms with Gasteiger partial charge in [0.2, 0.25) is 0 Å². The summed E-state index contributed by atoms with van der Waals surface area (Å²) < 4.78 is 11.0. The quantitative estimate of drug-likeness (QED) is 0.631. The summed E-state index contributed by atoms with van der Waals surface area (Å²) in [5.74, 6) is 0.937. The number of hydrogen-bond donors (Lipinski definition) is 0. The Kier molecular flexibility index (Phi) is 4.63. The van der Waals surface area contributed by atoms with E-state index in [1.165, 1.54) is 0 Å². The molecule has 0 fully saturated rings. The van der Waals surface area contributed by atoms with Crippen molar-refractivity contribution in [2.24, 2.45) is 0 Å². The monoisotopic (exact) mass is 284 g/mol. The summed E-state index contributed by atoms with van der Waals surface area (Å²) >= 11 is 0. The van der Waals surface area contributed by atoms with Gasteiger partial charge in [0.05, 0.1) is 0 Å². The minimum Gasteiger partial charge on any atom is -0.481 e. The number of carbonyl (C=O) groups is 1. The number of benzene rings is 2. The van der Waals surface area contributed by atoms with Gasteiger partial charge in [-0.2, -0.15) is 0 Å². The van der Waals surface area contributed by atoms with Crippen molar-refractivity contribution < 1.29 is 14.3 Å². The first-order chi connectivity index (χ1) is 9.99. The average molecular weight is 284 g/mol. The van der Waals surface area contributed by atoms with E-state index in [2.05, 4.69) is 0 Å². The van der Waals surface area contributed by atoms with Crippen molar-refractivity contribution in [3.05, 3.63) is 58.7 Å². The van der Waals surface area contributed by atoms with Crippen molar-refractivity contribution in [2.75, 3.05) is 6.61 Å². The van der Waals surface area contributed by atoms with Crippen LogP contribution >= 0.6 is 0 Å². The molecule has 0 unspecified atom stereocenters. The number of rotatable bonds is 4. The van der Waals surface area contributed by atoms with Crippen LogP contribution in [0.15, 0.2) is 36.4 Å². The molecule has 0 atom stereocenters. The van der Waals surface area contributed by atoms with Crippen LogP contribution in [0.5, 0.6) is 11.5 Å². The second kappa shape index (κ2) is 6.44. The Morgan fingerprint density at radius 1 is 0.905 bits per heavy atom. The van der Waals surface area contributed by atoms with Crippen molar-refractivity contribution in [1.29, 1.82) is 0 Å². The Morgan fingerprint density at radius 2 is 1.48 bits per heavy atom. The lowest BCUT2D eigenvalue weighted by Gasteiger charge is -2.12. The molecule has 0 N–H and O–H groups in total. The van der Waals surface area contributed by atoms with Crippen LogP contribution in [0.3, 0.4) is 0 Å². The number of hydrogen-bond acceptors (Lipinski definition) is 3. The van der Waals surface area contributed by atoms with E-state index in [9.17, 15) is 4.79 Å². The molecule has 2 aromatic rings. The summed E-state index contributed by atoms with van der Waals surface area (Å²) in [7, 11) is 0. The number of carbonyl (C=O) groups excluding carboxylic acids is 1. The Bertz CT molecular complexity index is 639. The first kappa shape index (κ1) is 15.1. The molecule has 110 valence electrons. The molecular formula is C18H20O3. The summed E-state index contributed by atoms with van der Waals surface area (Å²) in [5.41, 5.74) is 4.08. The van der Waals surface area contributed by atoms with E-state index in [1.54, 1.807) is 6.07 Å². The highest BCUT2D eigenvalue weighted by Crippen LogP contribution is 2.23. The van der Waals surface area contributed by atoms with Crippen molar-refractivity contribution in [2.45, 2.75) is 27.7 Å². The van der Waals surface area contributed by atoms with Gasteiger partial charge < -0.3 is 9.47 Å². The molecule has 0 saturated heterocycles. The Balaban J connectivity index is 2.01. The van der Waals surface area contributed by atoms with E-state index in [0.717, 1.165) is 28.0 Å². The van der Waals surface area contributed by atoms with Crippen LogP contribution in [-0.2, 0) is 4.79 Å². The second-order valence-electron chi connectivity index (χ2n) is 5.18. The summed E-state index contributed by atoms with van der Waals surface area (Å²) in [6.07, 6.45) is 0. The van der Waals surface area contributed by atoms with Gasteiger partial charge >= 0.3 is 5.97 Å². The first-order valence-corrected chi connectivity index (χ1v) is 6.95. The van der Waals surface area contributed by atoms with E-state index < -0.39 is 5.97 Å². The van der Waals surface area contributed by atoms with Gasteiger partial charge in [-0.15, -0.1) is 0 Å². The molecule has 0 aliphatic carbocycles. The maximum Gasteiger partial charge on any atom is 0.349 e. The molecule has 0 saturated carbocycles. The zero-order chi connectivity index (χ0) is 15.4. The number of aryl methyl sites for hydroxylation is 3. The van der Waals surface area contributed by atoms with E-state index >= 15 is 0 Å². The molecule has 3 nitrogen and oxygen atoms in total. The smallest absolute Gasteiger partial charge is 0.349 e.